The van der Waals surface area contributed by atoms with Crippen LogP contribution in [0.2, 0.25) is 0 Å². The van der Waals surface area contributed by atoms with Crippen molar-refractivity contribution in [3.8, 4) is 0 Å². The normalized spacial score (nSPS) is 11.7. The van der Waals surface area contributed by atoms with Crippen molar-refractivity contribution in [2.24, 2.45) is 0 Å². The van der Waals surface area contributed by atoms with E-state index in [1.54, 1.807) is 13.8 Å². The first-order valence-corrected chi connectivity index (χ1v) is 5.56. The first-order chi connectivity index (χ1) is 8.45. The van der Waals surface area contributed by atoms with Gasteiger partial charge in [-0.05, 0) is 20.8 Å². The van der Waals surface area contributed by atoms with E-state index in [0.717, 1.165) is 0 Å². The molecule has 98 valence electrons. The second kappa shape index (κ2) is 5.95. The monoisotopic (exact) mass is 252 g/mol. The average Bonchev–Trinajstić information content (AvgIpc) is 2.28. The van der Waals surface area contributed by atoms with E-state index in [1.807, 2.05) is 6.92 Å². The number of carbonyl (C=O) groups excluding carboxylic acids is 1. The Kier molecular flexibility index (Phi) is 4.59. The molecule has 0 radical (unpaired) electrons. The molecule has 0 saturated heterocycles. The number of aromatic nitrogens is 2. The zero-order valence-corrected chi connectivity index (χ0v) is 10.5. The molecule has 0 aliphatic rings. The largest absolute Gasteiger partial charge is 0.477 e. The molecule has 0 spiro atoms. The standard InChI is InChI=1S/C11H16N4O3/c1-4-12-10(16)6(2)14-9-8(11(17)18)5-13-7(3)15-9/h5-6H,4H2,1-3H3,(H,12,16)(H,17,18)(H,13,14,15). The number of nitrogens with zero attached hydrogens (tertiary/aromatic N) is 2. The molecule has 0 aliphatic heterocycles. The lowest BCUT2D eigenvalue weighted by Crippen LogP contribution is -2.38. The number of rotatable bonds is 5. The highest BCUT2D eigenvalue weighted by Crippen LogP contribution is 2.12. The van der Waals surface area contributed by atoms with Crippen LogP contribution < -0.4 is 10.6 Å². The number of anilines is 1. The van der Waals surface area contributed by atoms with E-state index >= 15 is 0 Å². The van der Waals surface area contributed by atoms with Crippen LogP contribution in [0.5, 0.6) is 0 Å². The van der Waals surface area contributed by atoms with Crippen molar-refractivity contribution in [3.05, 3.63) is 17.6 Å². The molecule has 1 aromatic rings. The van der Waals surface area contributed by atoms with Gasteiger partial charge in [-0.15, -0.1) is 0 Å². The highest BCUT2D eigenvalue weighted by Gasteiger charge is 2.17. The molecule has 0 aliphatic carbocycles. The third kappa shape index (κ3) is 3.41. The number of carboxylic acid groups (broad SMARTS) is 1. The molecule has 1 amide bonds. The third-order valence-electron chi connectivity index (χ3n) is 2.24. The van der Waals surface area contributed by atoms with Crippen LogP contribution in [-0.4, -0.2) is 39.5 Å². The highest BCUT2D eigenvalue weighted by molar-refractivity contribution is 5.94. The topological polar surface area (TPSA) is 104 Å². The first-order valence-electron chi connectivity index (χ1n) is 5.56. The van der Waals surface area contributed by atoms with Crippen LogP contribution in [-0.2, 0) is 4.79 Å². The van der Waals surface area contributed by atoms with E-state index in [9.17, 15) is 9.59 Å². The summed E-state index contributed by atoms with van der Waals surface area (Å²) in [5, 5.41) is 14.4. The maximum absolute atomic E-state index is 11.5. The quantitative estimate of drug-likeness (QED) is 0.701. The van der Waals surface area contributed by atoms with Gasteiger partial charge < -0.3 is 15.7 Å². The minimum absolute atomic E-state index is 0.0586. The summed E-state index contributed by atoms with van der Waals surface area (Å²) in [7, 11) is 0. The summed E-state index contributed by atoms with van der Waals surface area (Å²) >= 11 is 0. The van der Waals surface area contributed by atoms with Crippen LogP contribution in [0, 0.1) is 6.92 Å². The molecule has 0 aromatic carbocycles. The fraction of sp³-hybridized carbons (Fsp3) is 0.455. The molecular formula is C11H16N4O3. The Balaban J connectivity index is 2.92. The summed E-state index contributed by atoms with van der Waals surface area (Å²) in [5.41, 5.74) is -0.0586. The van der Waals surface area contributed by atoms with Crippen molar-refractivity contribution in [3.63, 3.8) is 0 Å². The van der Waals surface area contributed by atoms with Crippen molar-refractivity contribution in [1.82, 2.24) is 15.3 Å². The minimum atomic E-state index is -1.14. The first kappa shape index (κ1) is 13.9. The smallest absolute Gasteiger partial charge is 0.341 e. The van der Waals surface area contributed by atoms with Gasteiger partial charge in [-0.25, -0.2) is 14.8 Å². The Morgan fingerprint density at radius 1 is 1.50 bits per heavy atom. The van der Waals surface area contributed by atoms with E-state index in [4.69, 9.17) is 5.11 Å². The van der Waals surface area contributed by atoms with Gasteiger partial charge in [0, 0.05) is 12.7 Å². The fourth-order valence-electron chi connectivity index (χ4n) is 1.33. The average molecular weight is 252 g/mol. The van der Waals surface area contributed by atoms with Crippen LogP contribution in [0.15, 0.2) is 6.20 Å². The zero-order valence-electron chi connectivity index (χ0n) is 10.5. The molecule has 1 unspecified atom stereocenters. The number of nitrogens with one attached hydrogen (secondary N) is 2. The molecule has 0 fully saturated rings. The molecule has 1 rings (SSSR count). The van der Waals surface area contributed by atoms with Crippen molar-refractivity contribution < 1.29 is 14.7 Å². The molecule has 18 heavy (non-hydrogen) atoms. The van der Waals surface area contributed by atoms with Crippen molar-refractivity contribution >= 4 is 17.7 Å². The molecule has 7 nitrogen and oxygen atoms in total. The van der Waals surface area contributed by atoms with Gasteiger partial charge in [-0.2, -0.15) is 0 Å². The van der Waals surface area contributed by atoms with Gasteiger partial charge in [-0.3, -0.25) is 4.79 Å². The molecule has 1 aromatic heterocycles. The molecule has 1 heterocycles. The van der Waals surface area contributed by atoms with Gasteiger partial charge in [0.05, 0.1) is 0 Å². The van der Waals surface area contributed by atoms with Crippen LogP contribution in [0.25, 0.3) is 0 Å². The SMILES string of the molecule is CCNC(=O)C(C)Nc1nc(C)ncc1C(=O)O. The van der Waals surface area contributed by atoms with E-state index in [1.165, 1.54) is 6.20 Å². The Morgan fingerprint density at radius 2 is 2.17 bits per heavy atom. The molecule has 3 N–H and O–H groups in total. The zero-order chi connectivity index (χ0) is 13.7. The molecule has 7 heteroatoms. The fourth-order valence-corrected chi connectivity index (χ4v) is 1.33. The van der Waals surface area contributed by atoms with Crippen molar-refractivity contribution in [2.45, 2.75) is 26.8 Å². The lowest BCUT2D eigenvalue weighted by molar-refractivity contribution is -0.121. The summed E-state index contributed by atoms with van der Waals surface area (Å²) in [6.45, 7) is 5.60. The number of aryl methyl sites for hydroxylation is 1. The summed E-state index contributed by atoms with van der Waals surface area (Å²) in [5.74, 6) is -0.773. The minimum Gasteiger partial charge on any atom is -0.477 e. The number of carboxylic acids is 1. The van der Waals surface area contributed by atoms with E-state index < -0.39 is 12.0 Å². The summed E-state index contributed by atoms with van der Waals surface area (Å²) in [6, 6.07) is -0.572. The van der Waals surface area contributed by atoms with Crippen molar-refractivity contribution in [1.29, 1.82) is 0 Å². The number of carbonyl (C=O) groups is 2. The molecule has 1 atom stereocenters. The van der Waals surface area contributed by atoms with Gasteiger partial charge in [0.15, 0.2) is 0 Å². The molecule has 0 bridgehead atoms. The van der Waals surface area contributed by atoms with E-state index in [0.29, 0.717) is 12.4 Å². The summed E-state index contributed by atoms with van der Waals surface area (Å²) < 4.78 is 0. The number of hydrogen-bond donors (Lipinski definition) is 3. The van der Waals surface area contributed by atoms with E-state index in [2.05, 4.69) is 20.6 Å². The predicted molar refractivity (Wildman–Crippen MR) is 65.5 cm³/mol. The van der Waals surface area contributed by atoms with Gasteiger partial charge in [0.1, 0.15) is 23.2 Å². The third-order valence-corrected chi connectivity index (χ3v) is 2.24. The van der Waals surface area contributed by atoms with Crippen LogP contribution >= 0.6 is 0 Å². The molecule has 0 saturated carbocycles. The maximum Gasteiger partial charge on any atom is 0.341 e. The number of hydrogen-bond acceptors (Lipinski definition) is 5. The van der Waals surface area contributed by atoms with Gasteiger partial charge in [0.2, 0.25) is 5.91 Å². The Labute approximate surface area is 105 Å². The summed E-state index contributed by atoms with van der Waals surface area (Å²) in [6.07, 6.45) is 1.22. The van der Waals surface area contributed by atoms with Gasteiger partial charge >= 0.3 is 5.97 Å². The van der Waals surface area contributed by atoms with Gasteiger partial charge in [-0.1, -0.05) is 0 Å². The van der Waals surface area contributed by atoms with Crippen LogP contribution in [0.1, 0.15) is 30.0 Å². The lowest BCUT2D eigenvalue weighted by Gasteiger charge is -2.15. The Bertz CT molecular complexity index is 462. The lowest BCUT2D eigenvalue weighted by atomic mass is 10.2. The predicted octanol–water partition coefficient (Wildman–Crippen LogP) is 0.420. The Hall–Kier alpha value is -2.18. The van der Waals surface area contributed by atoms with Crippen LogP contribution in [0.3, 0.4) is 0 Å². The number of amides is 1. The highest BCUT2D eigenvalue weighted by atomic mass is 16.4. The number of aromatic carboxylic acids is 1. The second-order valence-electron chi connectivity index (χ2n) is 3.75. The van der Waals surface area contributed by atoms with Gasteiger partial charge in [0.25, 0.3) is 0 Å². The molecular weight excluding hydrogens is 236 g/mol. The van der Waals surface area contributed by atoms with Crippen molar-refractivity contribution in [2.75, 3.05) is 11.9 Å². The van der Waals surface area contributed by atoms with E-state index in [-0.39, 0.29) is 17.3 Å². The Morgan fingerprint density at radius 3 is 2.72 bits per heavy atom. The summed E-state index contributed by atoms with van der Waals surface area (Å²) in [4.78, 5) is 30.3. The number of likely N-dealkylation sites (N-methyl/N-ethyl adjacent to an activating group) is 1. The van der Waals surface area contributed by atoms with Crippen LogP contribution in [0.4, 0.5) is 5.82 Å². The second-order valence-corrected chi connectivity index (χ2v) is 3.75. The maximum atomic E-state index is 11.5.